The molecule has 0 saturated heterocycles. The summed E-state index contributed by atoms with van der Waals surface area (Å²) in [6, 6.07) is 9.92. The quantitative estimate of drug-likeness (QED) is 0.639. The van der Waals surface area contributed by atoms with Gasteiger partial charge in [-0.2, -0.15) is 5.26 Å². The lowest BCUT2D eigenvalue weighted by atomic mass is 10.1. The summed E-state index contributed by atoms with van der Waals surface area (Å²) in [5.74, 6) is 0. The Hall–Kier alpha value is -1.41. The highest BCUT2D eigenvalue weighted by Crippen LogP contribution is 2.08. The molecule has 104 valence electrons. The van der Waals surface area contributed by atoms with Crippen LogP contribution in [0.3, 0.4) is 0 Å². The summed E-state index contributed by atoms with van der Waals surface area (Å²) in [5, 5.41) is 8.91. The van der Waals surface area contributed by atoms with E-state index in [1.165, 1.54) is 0 Å². The first kappa shape index (κ1) is 15.6. The molecule has 0 aliphatic heterocycles. The van der Waals surface area contributed by atoms with E-state index in [2.05, 4.69) is 17.0 Å². The summed E-state index contributed by atoms with van der Waals surface area (Å²) in [4.78, 5) is 2.32. The van der Waals surface area contributed by atoms with Gasteiger partial charge in [0.25, 0.3) is 0 Å². The van der Waals surface area contributed by atoms with Crippen molar-refractivity contribution in [1.82, 2.24) is 4.90 Å². The average Bonchev–Trinajstić information content (AvgIpc) is 2.45. The molecule has 0 aliphatic carbocycles. The highest BCUT2D eigenvalue weighted by atomic mass is 16.5. The van der Waals surface area contributed by atoms with Crippen molar-refractivity contribution in [2.45, 2.75) is 13.0 Å². The van der Waals surface area contributed by atoms with Crippen LogP contribution in [0, 0.1) is 11.3 Å². The van der Waals surface area contributed by atoms with E-state index in [1.807, 2.05) is 18.2 Å². The first-order valence-corrected chi connectivity index (χ1v) is 6.49. The third-order valence-electron chi connectivity index (χ3n) is 2.90. The van der Waals surface area contributed by atoms with Gasteiger partial charge in [-0.15, -0.1) is 0 Å². The van der Waals surface area contributed by atoms with Gasteiger partial charge in [0.2, 0.25) is 0 Å². The van der Waals surface area contributed by atoms with E-state index in [-0.39, 0.29) is 0 Å². The Labute approximate surface area is 115 Å². The summed E-state index contributed by atoms with van der Waals surface area (Å²) in [5.41, 5.74) is 1.87. The molecule has 0 bridgehead atoms. The van der Waals surface area contributed by atoms with Gasteiger partial charge in [-0.3, -0.25) is 4.90 Å². The second-order valence-corrected chi connectivity index (χ2v) is 4.43. The van der Waals surface area contributed by atoms with Crippen molar-refractivity contribution in [1.29, 1.82) is 5.26 Å². The number of rotatable bonds is 9. The van der Waals surface area contributed by atoms with E-state index in [1.54, 1.807) is 14.2 Å². The Kier molecular flexibility index (Phi) is 7.83. The second-order valence-electron chi connectivity index (χ2n) is 4.43. The number of hydrogen-bond donors (Lipinski definition) is 0. The molecule has 0 fully saturated rings. The first-order valence-electron chi connectivity index (χ1n) is 6.49. The van der Waals surface area contributed by atoms with E-state index < -0.39 is 0 Å². The normalized spacial score (nSPS) is 10.6. The summed E-state index contributed by atoms with van der Waals surface area (Å²) < 4.78 is 10.2. The summed E-state index contributed by atoms with van der Waals surface area (Å²) in [7, 11) is 3.43. The molecule has 0 heterocycles. The van der Waals surface area contributed by atoms with Gasteiger partial charge in [-0.05, 0) is 24.1 Å². The van der Waals surface area contributed by atoms with Crippen LogP contribution in [0.4, 0.5) is 0 Å². The minimum Gasteiger partial charge on any atom is -0.385 e. The molecular weight excluding hydrogens is 240 g/mol. The van der Waals surface area contributed by atoms with E-state index in [0.717, 1.165) is 38.2 Å². The monoisotopic (exact) mass is 262 g/mol. The molecular formula is C15H22N2O2. The van der Waals surface area contributed by atoms with Gasteiger partial charge in [-0.1, -0.05) is 12.1 Å². The lowest BCUT2D eigenvalue weighted by molar-refractivity contribution is 0.129. The fraction of sp³-hybridized carbons (Fsp3) is 0.533. The molecule has 0 spiro atoms. The van der Waals surface area contributed by atoms with E-state index in [0.29, 0.717) is 12.2 Å². The number of nitriles is 1. The maximum absolute atomic E-state index is 8.91. The standard InChI is InChI=1S/C15H22N2O2/c1-18-9-4-7-17(8-10-19-2)13-15-6-3-5-14(11-15)12-16/h3,5-6,11H,4,7-10,13H2,1-2H3. The van der Waals surface area contributed by atoms with Crippen molar-refractivity contribution in [2.24, 2.45) is 0 Å². The van der Waals surface area contributed by atoms with E-state index >= 15 is 0 Å². The number of ether oxygens (including phenoxy) is 2. The lowest BCUT2D eigenvalue weighted by Crippen LogP contribution is -2.28. The highest BCUT2D eigenvalue weighted by molar-refractivity contribution is 5.32. The van der Waals surface area contributed by atoms with Crippen molar-refractivity contribution in [3.63, 3.8) is 0 Å². The molecule has 4 heteroatoms. The van der Waals surface area contributed by atoms with E-state index in [9.17, 15) is 0 Å². The van der Waals surface area contributed by atoms with Crippen LogP contribution in [-0.2, 0) is 16.0 Å². The van der Waals surface area contributed by atoms with E-state index in [4.69, 9.17) is 14.7 Å². The van der Waals surface area contributed by atoms with Gasteiger partial charge in [0.1, 0.15) is 0 Å². The van der Waals surface area contributed by atoms with Crippen LogP contribution in [0.1, 0.15) is 17.5 Å². The largest absolute Gasteiger partial charge is 0.385 e. The predicted molar refractivity (Wildman–Crippen MR) is 74.8 cm³/mol. The average molecular weight is 262 g/mol. The van der Waals surface area contributed by atoms with Crippen LogP contribution in [0.15, 0.2) is 24.3 Å². The van der Waals surface area contributed by atoms with Gasteiger partial charge in [0, 0.05) is 40.5 Å². The highest BCUT2D eigenvalue weighted by Gasteiger charge is 2.06. The van der Waals surface area contributed by atoms with Crippen LogP contribution in [0.2, 0.25) is 0 Å². The molecule has 1 aromatic rings. The zero-order valence-corrected chi connectivity index (χ0v) is 11.8. The third-order valence-corrected chi connectivity index (χ3v) is 2.90. The van der Waals surface area contributed by atoms with Gasteiger partial charge >= 0.3 is 0 Å². The molecule has 0 atom stereocenters. The summed E-state index contributed by atoms with van der Waals surface area (Å²) in [6.07, 6.45) is 0.998. The Morgan fingerprint density at radius 1 is 1.16 bits per heavy atom. The molecule has 0 aromatic heterocycles. The SMILES string of the molecule is COCCCN(CCOC)Cc1cccc(C#N)c1. The maximum atomic E-state index is 8.91. The minimum atomic E-state index is 0.709. The Morgan fingerprint density at radius 3 is 2.63 bits per heavy atom. The fourth-order valence-corrected chi connectivity index (χ4v) is 1.92. The van der Waals surface area contributed by atoms with Crippen molar-refractivity contribution in [2.75, 3.05) is 40.5 Å². The minimum absolute atomic E-state index is 0.709. The lowest BCUT2D eigenvalue weighted by Gasteiger charge is -2.22. The van der Waals surface area contributed by atoms with Gasteiger partial charge in [0.05, 0.1) is 18.2 Å². The molecule has 0 radical (unpaired) electrons. The molecule has 0 unspecified atom stereocenters. The molecule has 0 N–H and O–H groups in total. The first-order chi connectivity index (χ1) is 9.30. The van der Waals surface area contributed by atoms with Crippen LogP contribution in [-0.4, -0.2) is 45.4 Å². The smallest absolute Gasteiger partial charge is 0.0991 e. The summed E-state index contributed by atoms with van der Waals surface area (Å²) >= 11 is 0. The van der Waals surface area contributed by atoms with Crippen molar-refractivity contribution in [3.8, 4) is 6.07 Å². The zero-order chi connectivity index (χ0) is 13.9. The molecule has 0 amide bonds. The van der Waals surface area contributed by atoms with Crippen LogP contribution in [0.5, 0.6) is 0 Å². The second kappa shape index (κ2) is 9.51. The Morgan fingerprint density at radius 2 is 1.95 bits per heavy atom. The Bertz CT molecular complexity index is 401. The summed E-state index contributed by atoms with van der Waals surface area (Å²) in [6.45, 7) is 4.17. The molecule has 0 saturated carbocycles. The zero-order valence-electron chi connectivity index (χ0n) is 11.8. The fourth-order valence-electron chi connectivity index (χ4n) is 1.92. The number of nitrogens with zero attached hydrogens (tertiary/aromatic N) is 2. The predicted octanol–water partition coefficient (Wildman–Crippen LogP) is 2.04. The molecule has 4 nitrogen and oxygen atoms in total. The molecule has 19 heavy (non-hydrogen) atoms. The van der Waals surface area contributed by atoms with Crippen LogP contribution < -0.4 is 0 Å². The topological polar surface area (TPSA) is 45.5 Å². The number of hydrogen-bond acceptors (Lipinski definition) is 4. The van der Waals surface area contributed by atoms with Crippen LogP contribution in [0.25, 0.3) is 0 Å². The van der Waals surface area contributed by atoms with Gasteiger partial charge in [-0.25, -0.2) is 0 Å². The maximum Gasteiger partial charge on any atom is 0.0991 e. The Balaban J connectivity index is 2.56. The third kappa shape index (κ3) is 6.35. The van der Waals surface area contributed by atoms with Crippen molar-refractivity contribution >= 4 is 0 Å². The van der Waals surface area contributed by atoms with Crippen molar-refractivity contribution in [3.05, 3.63) is 35.4 Å². The molecule has 0 aliphatic rings. The van der Waals surface area contributed by atoms with Gasteiger partial charge in [0.15, 0.2) is 0 Å². The number of methoxy groups -OCH3 is 2. The van der Waals surface area contributed by atoms with Gasteiger partial charge < -0.3 is 9.47 Å². The molecule has 1 aromatic carbocycles. The van der Waals surface area contributed by atoms with Crippen molar-refractivity contribution < 1.29 is 9.47 Å². The number of benzene rings is 1. The molecule has 1 rings (SSSR count). The van der Waals surface area contributed by atoms with Crippen LogP contribution >= 0.6 is 0 Å².